The maximum Gasteiger partial charge on any atom is 0.0208 e. The Morgan fingerprint density at radius 3 is 2.82 bits per heavy atom. The summed E-state index contributed by atoms with van der Waals surface area (Å²) >= 11 is 0. The Morgan fingerprint density at radius 1 is 1.29 bits per heavy atom. The average molecular weight is 232 g/mol. The Balaban J connectivity index is 1.95. The second-order valence-corrected chi connectivity index (χ2v) is 6.22. The van der Waals surface area contributed by atoms with Crippen molar-refractivity contribution in [3.8, 4) is 0 Å². The molecule has 0 saturated heterocycles. The fourth-order valence-corrected chi connectivity index (χ4v) is 2.39. The monoisotopic (exact) mass is 232 g/mol. The van der Waals surface area contributed by atoms with Crippen LogP contribution in [0.25, 0.3) is 0 Å². The van der Waals surface area contributed by atoms with E-state index in [1.165, 1.54) is 11.1 Å². The van der Waals surface area contributed by atoms with E-state index in [2.05, 4.69) is 55.7 Å². The second-order valence-electron chi connectivity index (χ2n) is 6.22. The van der Waals surface area contributed by atoms with Crippen LogP contribution in [0.3, 0.4) is 0 Å². The Morgan fingerprint density at radius 2 is 2.06 bits per heavy atom. The summed E-state index contributed by atoms with van der Waals surface area (Å²) in [4.78, 5) is 0. The zero-order valence-electron chi connectivity index (χ0n) is 11.2. The van der Waals surface area contributed by atoms with Gasteiger partial charge in [-0.15, -0.1) is 0 Å². The highest BCUT2D eigenvalue weighted by atomic mass is 14.9. The minimum absolute atomic E-state index is 0.363. The quantitative estimate of drug-likeness (QED) is 0.837. The van der Waals surface area contributed by atoms with E-state index in [-0.39, 0.29) is 0 Å². The molecule has 0 saturated carbocycles. The molecule has 94 valence electrons. The maximum absolute atomic E-state index is 3.60. The summed E-state index contributed by atoms with van der Waals surface area (Å²) in [7, 11) is 0. The lowest BCUT2D eigenvalue weighted by atomic mass is 9.90. The highest BCUT2D eigenvalue weighted by molar-refractivity contribution is 5.32. The lowest BCUT2D eigenvalue weighted by molar-refractivity contribution is 0.368. The van der Waals surface area contributed by atoms with Crippen LogP contribution in [0.4, 0.5) is 0 Å². The van der Waals surface area contributed by atoms with Gasteiger partial charge in [0.1, 0.15) is 0 Å². The summed E-state index contributed by atoms with van der Waals surface area (Å²) in [6.07, 6.45) is 0. The zero-order chi connectivity index (χ0) is 12.3. The fraction of sp³-hybridized carbons (Fsp3) is 0.600. The predicted molar refractivity (Wildman–Crippen MR) is 73.2 cm³/mol. The van der Waals surface area contributed by atoms with Crippen LogP contribution in [0.1, 0.15) is 37.8 Å². The molecule has 1 aromatic rings. The number of benzene rings is 1. The minimum atomic E-state index is 0.363. The summed E-state index contributed by atoms with van der Waals surface area (Å²) < 4.78 is 0. The molecule has 0 radical (unpaired) electrons. The molecule has 1 aromatic carbocycles. The van der Waals surface area contributed by atoms with Crippen molar-refractivity contribution < 1.29 is 0 Å². The van der Waals surface area contributed by atoms with Gasteiger partial charge in [-0.3, -0.25) is 0 Å². The maximum atomic E-state index is 3.60. The average Bonchev–Trinajstić information content (AvgIpc) is 2.28. The number of hydrogen-bond donors (Lipinski definition) is 2. The molecule has 0 fully saturated rings. The van der Waals surface area contributed by atoms with Crippen molar-refractivity contribution in [3.63, 3.8) is 0 Å². The predicted octanol–water partition coefficient (Wildman–Crippen LogP) is 2.51. The van der Waals surface area contributed by atoms with Crippen LogP contribution >= 0.6 is 0 Å². The third-order valence-corrected chi connectivity index (χ3v) is 3.25. The van der Waals surface area contributed by atoms with Crippen molar-refractivity contribution in [2.75, 3.05) is 19.6 Å². The molecule has 1 heterocycles. The van der Waals surface area contributed by atoms with Crippen molar-refractivity contribution in [2.45, 2.75) is 33.2 Å². The Bertz CT molecular complexity index is 365. The molecule has 0 spiro atoms. The second kappa shape index (κ2) is 5.19. The van der Waals surface area contributed by atoms with Crippen LogP contribution in [0.2, 0.25) is 0 Å². The van der Waals surface area contributed by atoms with Crippen LogP contribution < -0.4 is 10.6 Å². The van der Waals surface area contributed by atoms with Crippen molar-refractivity contribution in [2.24, 2.45) is 5.41 Å². The van der Waals surface area contributed by atoms with Crippen LogP contribution in [-0.2, 0) is 6.54 Å². The third-order valence-electron chi connectivity index (χ3n) is 3.25. The first-order valence-electron chi connectivity index (χ1n) is 6.55. The SMILES string of the molecule is CC(C)(C)CNCC1CNCc2ccccc21. The molecule has 1 unspecified atom stereocenters. The van der Waals surface area contributed by atoms with E-state index in [0.717, 1.165) is 26.2 Å². The summed E-state index contributed by atoms with van der Waals surface area (Å²) in [5.41, 5.74) is 3.34. The molecule has 1 aliphatic rings. The first-order chi connectivity index (χ1) is 8.06. The molecule has 0 aliphatic carbocycles. The van der Waals surface area contributed by atoms with E-state index < -0.39 is 0 Å². The van der Waals surface area contributed by atoms with E-state index in [1.807, 2.05) is 0 Å². The van der Waals surface area contributed by atoms with E-state index in [0.29, 0.717) is 11.3 Å². The molecule has 2 N–H and O–H groups in total. The molecule has 2 nitrogen and oxygen atoms in total. The van der Waals surface area contributed by atoms with E-state index in [1.54, 1.807) is 0 Å². The normalized spacial score (nSPS) is 20.1. The highest BCUT2D eigenvalue weighted by Gasteiger charge is 2.19. The summed E-state index contributed by atoms with van der Waals surface area (Å²) in [5, 5.41) is 7.09. The van der Waals surface area contributed by atoms with Crippen molar-refractivity contribution in [1.29, 1.82) is 0 Å². The lowest BCUT2D eigenvalue weighted by Gasteiger charge is -2.28. The van der Waals surface area contributed by atoms with Gasteiger partial charge in [0.15, 0.2) is 0 Å². The smallest absolute Gasteiger partial charge is 0.0208 e. The molecular formula is C15H24N2. The van der Waals surface area contributed by atoms with Gasteiger partial charge in [0.25, 0.3) is 0 Å². The van der Waals surface area contributed by atoms with Crippen molar-refractivity contribution >= 4 is 0 Å². The largest absolute Gasteiger partial charge is 0.316 e. The van der Waals surface area contributed by atoms with Crippen LogP contribution in [0.15, 0.2) is 24.3 Å². The highest BCUT2D eigenvalue weighted by Crippen LogP contribution is 2.23. The Hall–Kier alpha value is -0.860. The molecule has 17 heavy (non-hydrogen) atoms. The number of rotatable bonds is 3. The summed E-state index contributed by atoms with van der Waals surface area (Å²) in [6.45, 7) is 11.1. The first kappa shape index (κ1) is 12.6. The first-order valence-corrected chi connectivity index (χ1v) is 6.55. The third kappa shape index (κ3) is 3.55. The zero-order valence-corrected chi connectivity index (χ0v) is 11.2. The number of nitrogens with one attached hydrogen (secondary N) is 2. The van der Waals surface area contributed by atoms with Crippen LogP contribution in [-0.4, -0.2) is 19.6 Å². The standard InChI is InChI=1S/C15H24N2/c1-15(2,3)11-17-10-13-9-16-8-12-6-4-5-7-14(12)13/h4-7,13,16-17H,8-11H2,1-3H3. The lowest BCUT2D eigenvalue weighted by Crippen LogP contribution is -2.37. The number of hydrogen-bond acceptors (Lipinski definition) is 2. The van der Waals surface area contributed by atoms with Crippen LogP contribution in [0, 0.1) is 5.41 Å². The van der Waals surface area contributed by atoms with Gasteiger partial charge in [0.2, 0.25) is 0 Å². The molecule has 1 atom stereocenters. The van der Waals surface area contributed by atoms with Gasteiger partial charge < -0.3 is 10.6 Å². The summed E-state index contributed by atoms with van der Waals surface area (Å²) in [5.74, 6) is 0.613. The Labute approximate surface area is 105 Å². The molecule has 0 aromatic heterocycles. The summed E-state index contributed by atoms with van der Waals surface area (Å²) in [6, 6.07) is 8.80. The van der Waals surface area contributed by atoms with Gasteiger partial charge in [0, 0.05) is 32.1 Å². The fourth-order valence-electron chi connectivity index (χ4n) is 2.39. The minimum Gasteiger partial charge on any atom is -0.316 e. The molecule has 1 aliphatic heterocycles. The molecule has 2 heteroatoms. The van der Waals surface area contributed by atoms with Gasteiger partial charge in [-0.2, -0.15) is 0 Å². The Kier molecular flexibility index (Phi) is 3.85. The van der Waals surface area contributed by atoms with E-state index in [4.69, 9.17) is 0 Å². The van der Waals surface area contributed by atoms with Gasteiger partial charge >= 0.3 is 0 Å². The van der Waals surface area contributed by atoms with Gasteiger partial charge in [-0.05, 0) is 16.5 Å². The van der Waals surface area contributed by atoms with Crippen molar-refractivity contribution in [3.05, 3.63) is 35.4 Å². The molecule has 2 rings (SSSR count). The topological polar surface area (TPSA) is 24.1 Å². The van der Waals surface area contributed by atoms with Gasteiger partial charge in [0.05, 0.1) is 0 Å². The molecular weight excluding hydrogens is 208 g/mol. The van der Waals surface area contributed by atoms with Crippen LogP contribution in [0.5, 0.6) is 0 Å². The molecule has 0 bridgehead atoms. The van der Waals surface area contributed by atoms with Crippen molar-refractivity contribution in [1.82, 2.24) is 10.6 Å². The van der Waals surface area contributed by atoms with Gasteiger partial charge in [-0.1, -0.05) is 45.0 Å². The number of fused-ring (bicyclic) bond motifs is 1. The molecule has 0 amide bonds. The van der Waals surface area contributed by atoms with E-state index in [9.17, 15) is 0 Å². The van der Waals surface area contributed by atoms with Gasteiger partial charge in [-0.25, -0.2) is 0 Å². The van der Waals surface area contributed by atoms with E-state index >= 15 is 0 Å².